The van der Waals surface area contributed by atoms with Gasteiger partial charge in [0, 0.05) is 12.2 Å². The van der Waals surface area contributed by atoms with Crippen LogP contribution < -0.4 is 0 Å². The maximum atomic E-state index is 4.71. The van der Waals surface area contributed by atoms with Crippen LogP contribution >= 0.6 is 0 Å². The van der Waals surface area contributed by atoms with Crippen molar-refractivity contribution in [1.29, 1.82) is 0 Å². The quantitative estimate of drug-likeness (QED) is 0.769. The van der Waals surface area contributed by atoms with Crippen molar-refractivity contribution >= 4 is 0 Å². The highest BCUT2D eigenvalue weighted by Gasteiger charge is 2.17. The Morgan fingerprint density at radius 1 is 1.12 bits per heavy atom. The number of fused-ring (bicyclic) bond motifs is 1. The minimum absolute atomic E-state index is 0.967. The van der Waals surface area contributed by atoms with E-state index in [1.807, 2.05) is 0 Å². The zero-order valence-electron chi connectivity index (χ0n) is 10.3. The van der Waals surface area contributed by atoms with Crippen LogP contribution in [0.2, 0.25) is 0 Å². The molecule has 0 radical (unpaired) electrons. The molecule has 0 N–H and O–H groups in total. The summed E-state index contributed by atoms with van der Waals surface area (Å²) in [4.78, 5) is 4.71. The molecule has 0 aliphatic heterocycles. The second kappa shape index (κ2) is 4.36. The van der Waals surface area contributed by atoms with Gasteiger partial charge in [0.1, 0.15) is 5.82 Å². The van der Waals surface area contributed by atoms with Gasteiger partial charge in [0.2, 0.25) is 0 Å². The summed E-state index contributed by atoms with van der Waals surface area (Å²) >= 11 is 0. The number of imidazole rings is 1. The normalized spacial score (nSPS) is 14.6. The van der Waals surface area contributed by atoms with Crippen LogP contribution in [0.4, 0.5) is 0 Å². The van der Waals surface area contributed by atoms with E-state index in [9.17, 15) is 0 Å². The van der Waals surface area contributed by atoms with Gasteiger partial charge in [-0.25, -0.2) is 4.98 Å². The molecule has 0 amide bonds. The van der Waals surface area contributed by atoms with E-state index in [2.05, 4.69) is 41.8 Å². The number of rotatable bonds is 2. The number of nitrogens with zero attached hydrogens (tertiary/aromatic N) is 2. The van der Waals surface area contributed by atoms with Crippen molar-refractivity contribution in [3.63, 3.8) is 0 Å². The van der Waals surface area contributed by atoms with Crippen molar-refractivity contribution in [2.45, 2.75) is 39.2 Å². The third-order valence-corrected chi connectivity index (χ3v) is 3.61. The van der Waals surface area contributed by atoms with Gasteiger partial charge in [0.15, 0.2) is 0 Å². The summed E-state index contributed by atoms with van der Waals surface area (Å²) in [7, 11) is 0. The number of hydrogen-bond acceptors (Lipinski definition) is 1. The lowest BCUT2D eigenvalue weighted by molar-refractivity contribution is 0.624. The van der Waals surface area contributed by atoms with Gasteiger partial charge in [-0.05, 0) is 38.2 Å². The van der Waals surface area contributed by atoms with Crippen LogP contribution in [0.3, 0.4) is 0 Å². The van der Waals surface area contributed by atoms with E-state index < -0.39 is 0 Å². The van der Waals surface area contributed by atoms with Crippen molar-refractivity contribution < 1.29 is 0 Å². The minimum Gasteiger partial charge on any atom is -0.328 e. The number of benzene rings is 1. The van der Waals surface area contributed by atoms with Crippen LogP contribution in [-0.2, 0) is 19.4 Å². The molecule has 3 rings (SSSR count). The van der Waals surface area contributed by atoms with Crippen molar-refractivity contribution in [3.8, 4) is 0 Å². The summed E-state index contributed by atoms with van der Waals surface area (Å²) in [6, 6.07) is 10.7. The predicted molar refractivity (Wildman–Crippen MR) is 69.2 cm³/mol. The summed E-state index contributed by atoms with van der Waals surface area (Å²) in [5.41, 5.74) is 4.17. The lowest BCUT2D eigenvalue weighted by Gasteiger charge is -2.14. The third kappa shape index (κ3) is 1.99. The lowest BCUT2D eigenvalue weighted by Crippen LogP contribution is -2.10. The number of aryl methyl sites for hydroxylation is 2. The summed E-state index contributed by atoms with van der Waals surface area (Å²) in [6.45, 7) is 3.09. The molecule has 17 heavy (non-hydrogen) atoms. The second-order valence-corrected chi connectivity index (χ2v) is 4.83. The third-order valence-electron chi connectivity index (χ3n) is 3.61. The topological polar surface area (TPSA) is 17.8 Å². The zero-order valence-corrected chi connectivity index (χ0v) is 10.3. The van der Waals surface area contributed by atoms with Crippen molar-refractivity contribution in [2.24, 2.45) is 0 Å². The molecular formula is C15H18N2. The molecule has 0 saturated heterocycles. The van der Waals surface area contributed by atoms with Crippen LogP contribution in [0.5, 0.6) is 0 Å². The van der Waals surface area contributed by atoms with E-state index in [-0.39, 0.29) is 0 Å². The largest absolute Gasteiger partial charge is 0.328 e. The van der Waals surface area contributed by atoms with Gasteiger partial charge in [-0.15, -0.1) is 0 Å². The van der Waals surface area contributed by atoms with E-state index in [1.54, 1.807) is 0 Å². The van der Waals surface area contributed by atoms with E-state index in [1.165, 1.54) is 42.0 Å². The Morgan fingerprint density at radius 2 is 1.88 bits per heavy atom. The number of aromatic nitrogens is 2. The summed E-state index contributed by atoms with van der Waals surface area (Å²) < 4.78 is 2.39. The molecule has 1 aromatic carbocycles. The van der Waals surface area contributed by atoms with Crippen LogP contribution in [0.25, 0.3) is 0 Å². The first-order chi connectivity index (χ1) is 8.34. The Labute approximate surface area is 102 Å². The van der Waals surface area contributed by atoms with E-state index in [4.69, 9.17) is 4.98 Å². The van der Waals surface area contributed by atoms with E-state index in [0.717, 1.165) is 13.0 Å². The maximum absolute atomic E-state index is 4.71. The van der Waals surface area contributed by atoms with Crippen molar-refractivity contribution in [1.82, 2.24) is 9.55 Å². The van der Waals surface area contributed by atoms with Crippen molar-refractivity contribution in [3.05, 3.63) is 53.1 Å². The first kappa shape index (κ1) is 10.6. The fourth-order valence-corrected chi connectivity index (χ4v) is 2.71. The van der Waals surface area contributed by atoms with E-state index in [0.29, 0.717) is 0 Å². The van der Waals surface area contributed by atoms with Crippen LogP contribution in [-0.4, -0.2) is 9.55 Å². The molecular weight excluding hydrogens is 208 g/mol. The monoisotopic (exact) mass is 226 g/mol. The Hall–Kier alpha value is -1.57. The number of hydrogen-bond donors (Lipinski definition) is 0. The maximum Gasteiger partial charge on any atom is 0.106 e. The summed E-state index contributed by atoms with van der Waals surface area (Å²) in [5, 5.41) is 0. The van der Waals surface area contributed by atoms with Gasteiger partial charge >= 0.3 is 0 Å². The van der Waals surface area contributed by atoms with Gasteiger partial charge in [0.25, 0.3) is 0 Å². The summed E-state index contributed by atoms with van der Waals surface area (Å²) in [6.07, 6.45) is 4.97. The standard InChI is InChI=1S/C15H18N2/c1-12-16-14-9-5-6-10-15(14)17(12)11-13-7-3-2-4-8-13/h2-4,7-8H,5-6,9-11H2,1H3. The highest BCUT2D eigenvalue weighted by Crippen LogP contribution is 2.22. The molecule has 1 aromatic heterocycles. The van der Waals surface area contributed by atoms with Gasteiger partial charge in [-0.1, -0.05) is 30.3 Å². The first-order valence-corrected chi connectivity index (χ1v) is 6.43. The predicted octanol–water partition coefficient (Wildman–Crippen LogP) is 3.12. The first-order valence-electron chi connectivity index (χ1n) is 6.43. The van der Waals surface area contributed by atoms with Crippen molar-refractivity contribution in [2.75, 3.05) is 0 Å². The molecule has 2 aromatic rings. The zero-order chi connectivity index (χ0) is 11.7. The SMILES string of the molecule is Cc1nc2c(n1Cc1ccccc1)CCCC2. The average molecular weight is 226 g/mol. The van der Waals surface area contributed by atoms with Gasteiger partial charge in [-0.3, -0.25) is 0 Å². The van der Waals surface area contributed by atoms with Gasteiger partial charge < -0.3 is 4.57 Å². The fourth-order valence-electron chi connectivity index (χ4n) is 2.71. The van der Waals surface area contributed by atoms with Crippen LogP contribution in [0, 0.1) is 6.92 Å². The smallest absolute Gasteiger partial charge is 0.106 e. The highest BCUT2D eigenvalue weighted by molar-refractivity contribution is 5.23. The minimum atomic E-state index is 0.967. The van der Waals surface area contributed by atoms with Crippen LogP contribution in [0.1, 0.15) is 35.6 Å². The molecule has 1 heterocycles. The molecule has 2 heteroatoms. The molecule has 0 bridgehead atoms. The van der Waals surface area contributed by atoms with Gasteiger partial charge in [0.05, 0.1) is 5.69 Å². The molecule has 88 valence electrons. The van der Waals surface area contributed by atoms with Crippen LogP contribution in [0.15, 0.2) is 30.3 Å². The highest BCUT2D eigenvalue weighted by atomic mass is 15.1. The molecule has 1 aliphatic rings. The molecule has 2 nitrogen and oxygen atoms in total. The fraction of sp³-hybridized carbons (Fsp3) is 0.400. The second-order valence-electron chi connectivity index (χ2n) is 4.83. The summed E-state index contributed by atoms with van der Waals surface area (Å²) in [5.74, 6) is 1.17. The molecule has 0 unspecified atom stereocenters. The molecule has 0 fully saturated rings. The molecule has 0 atom stereocenters. The van der Waals surface area contributed by atoms with E-state index >= 15 is 0 Å². The molecule has 0 saturated carbocycles. The lowest BCUT2D eigenvalue weighted by atomic mass is 10.0. The Kier molecular flexibility index (Phi) is 2.71. The Bertz CT molecular complexity index is 511. The Balaban J connectivity index is 1.95. The molecule has 0 spiro atoms. The van der Waals surface area contributed by atoms with Gasteiger partial charge in [-0.2, -0.15) is 0 Å². The molecule has 1 aliphatic carbocycles. The average Bonchev–Trinajstić information content (AvgIpc) is 2.68. The Morgan fingerprint density at radius 3 is 2.71 bits per heavy atom.